The predicted octanol–water partition coefficient (Wildman–Crippen LogP) is 1.39. The SMILES string of the molecule is CC(=O)N(C)[C@H]1CCN(C(=O)O)C(C)(C)C1. The first kappa shape index (κ1) is 12.8. The maximum atomic E-state index is 11.3. The molecular formula is C11H20N2O3. The van der Waals surface area contributed by atoms with Gasteiger partial charge < -0.3 is 14.9 Å². The van der Waals surface area contributed by atoms with Gasteiger partial charge in [-0.1, -0.05) is 0 Å². The average molecular weight is 228 g/mol. The summed E-state index contributed by atoms with van der Waals surface area (Å²) in [7, 11) is 1.78. The lowest BCUT2D eigenvalue weighted by Gasteiger charge is -2.46. The van der Waals surface area contributed by atoms with Crippen LogP contribution in [0.4, 0.5) is 4.79 Å². The van der Waals surface area contributed by atoms with Gasteiger partial charge in [-0.2, -0.15) is 0 Å². The van der Waals surface area contributed by atoms with Crippen molar-refractivity contribution in [3.63, 3.8) is 0 Å². The van der Waals surface area contributed by atoms with E-state index in [-0.39, 0.29) is 11.9 Å². The molecule has 5 heteroatoms. The Labute approximate surface area is 96.0 Å². The van der Waals surface area contributed by atoms with Gasteiger partial charge in [0.1, 0.15) is 0 Å². The lowest BCUT2D eigenvalue weighted by atomic mass is 9.86. The summed E-state index contributed by atoms with van der Waals surface area (Å²) < 4.78 is 0. The van der Waals surface area contributed by atoms with Crippen LogP contribution in [0.25, 0.3) is 0 Å². The van der Waals surface area contributed by atoms with Crippen LogP contribution in [0, 0.1) is 0 Å². The van der Waals surface area contributed by atoms with Crippen LogP contribution < -0.4 is 0 Å². The molecule has 16 heavy (non-hydrogen) atoms. The van der Waals surface area contributed by atoms with Crippen LogP contribution in [0.1, 0.15) is 33.6 Å². The van der Waals surface area contributed by atoms with Gasteiger partial charge in [0.15, 0.2) is 0 Å². The van der Waals surface area contributed by atoms with Crippen molar-refractivity contribution in [3.8, 4) is 0 Å². The Balaban J connectivity index is 2.74. The Morgan fingerprint density at radius 2 is 2.00 bits per heavy atom. The van der Waals surface area contributed by atoms with Crippen LogP contribution in [0.5, 0.6) is 0 Å². The first-order valence-corrected chi connectivity index (χ1v) is 5.49. The number of hydrogen-bond donors (Lipinski definition) is 1. The molecular weight excluding hydrogens is 208 g/mol. The molecule has 0 aromatic carbocycles. The smallest absolute Gasteiger partial charge is 0.407 e. The number of amides is 2. The highest BCUT2D eigenvalue weighted by molar-refractivity contribution is 5.73. The molecule has 1 atom stereocenters. The van der Waals surface area contributed by atoms with Crippen molar-refractivity contribution in [2.75, 3.05) is 13.6 Å². The zero-order valence-corrected chi connectivity index (χ0v) is 10.4. The Morgan fingerprint density at radius 1 is 1.44 bits per heavy atom. The number of piperidine rings is 1. The number of nitrogens with zero attached hydrogens (tertiary/aromatic N) is 2. The Hall–Kier alpha value is -1.26. The Morgan fingerprint density at radius 3 is 2.38 bits per heavy atom. The van der Waals surface area contributed by atoms with Gasteiger partial charge in [0.05, 0.1) is 0 Å². The zero-order valence-electron chi connectivity index (χ0n) is 10.4. The summed E-state index contributed by atoms with van der Waals surface area (Å²) in [6.45, 7) is 5.84. The molecule has 1 aliphatic heterocycles. The quantitative estimate of drug-likeness (QED) is 0.737. The lowest BCUT2D eigenvalue weighted by Crippen LogP contribution is -2.57. The summed E-state index contributed by atoms with van der Waals surface area (Å²) in [6.07, 6.45) is 0.523. The van der Waals surface area contributed by atoms with Gasteiger partial charge in [-0.15, -0.1) is 0 Å². The number of carboxylic acid groups (broad SMARTS) is 1. The van der Waals surface area contributed by atoms with Crippen molar-refractivity contribution in [2.45, 2.75) is 45.2 Å². The van der Waals surface area contributed by atoms with Crippen LogP contribution in [-0.4, -0.2) is 52.1 Å². The third-order valence-corrected chi connectivity index (χ3v) is 3.43. The fraction of sp³-hybridized carbons (Fsp3) is 0.818. The molecule has 0 saturated carbocycles. The molecule has 0 radical (unpaired) electrons. The van der Waals surface area contributed by atoms with Gasteiger partial charge in [-0.05, 0) is 26.7 Å². The summed E-state index contributed by atoms with van der Waals surface area (Å²) in [5, 5.41) is 9.05. The first-order chi connectivity index (χ1) is 7.25. The van der Waals surface area contributed by atoms with E-state index < -0.39 is 11.6 Å². The van der Waals surface area contributed by atoms with Crippen molar-refractivity contribution in [2.24, 2.45) is 0 Å². The van der Waals surface area contributed by atoms with Crippen molar-refractivity contribution < 1.29 is 14.7 Å². The molecule has 0 aromatic rings. The minimum Gasteiger partial charge on any atom is -0.465 e. The molecule has 2 amide bonds. The highest BCUT2D eigenvalue weighted by Gasteiger charge is 2.39. The van der Waals surface area contributed by atoms with Gasteiger partial charge in [0, 0.05) is 32.1 Å². The fourth-order valence-corrected chi connectivity index (χ4v) is 2.31. The third-order valence-electron chi connectivity index (χ3n) is 3.43. The molecule has 0 aromatic heterocycles. The Kier molecular flexibility index (Phi) is 3.45. The molecule has 0 bridgehead atoms. The molecule has 5 nitrogen and oxygen atoms in total. The third kappa shape index (κ3) is 2.46. The van der Waals surface area contributed by atoms with Gasteiger partial charge in [0.2, 0.25) is 5.91 Å². The summed E-state index contributed by atoms with van der Waals surface area (Å²) >= 11 is 0. The number of carbonyl (C=O) groups is 2. The van der Waals surface area contributed by atoms with E-state index in [1.54, 1.807) is 11.9 Å². The number of hydrogen-bond acceptors (Lipinski definition) is 2. The van der Waals surface area contributed by atoms with E-state index in [9.17, 15) is 9.59 Å². The van der Waals surface area contributed by atoms with E-state index in [4.69, 9.17) is 5.11 Å². The largest absolute Gasteiger partial charge is 0.465 e. The number of carbonyl (C=O) groups excluding carboxylic acids is 1. The number of rotatable bonds is 1. The van der Waals surface area contributed by atoms with Gasteiger partial charge in [-0.3, -0.25) is 4.79 Å². The normalized spacial score (nSPS) is 24.0. The molecule has 92 valence electrons. The molecule has 1 saturated heterocycles. The van der Waals surface area contributed by atoms with Crippen LogP contribution in [-0.2, 0) is 4.79 Å². The van der Waals surface area contributed by atoms with Crippen molar-refractivity contribution >= 4 is 12.0 Å². The summed E-state index contributed by atoms with van der Waals surface area (Å²) in [6, 6.07) is 0.142. The Bertz CT molecular complexity index is 302. The van der Waals surface area contributed by atoms with Crippen LogP contribution in [0.3, 0.4) is 0 Å². The summed E-state index contributed by atoms with van der Waals surface area (Å²) in [4.78, 5) is 25.5. The minimum atomic E-state index is -0.881. The molecule has 0 aliphatic carbocycles. The average Bonchev–Trinajstić information content (AvgIpc) is 2.13. The van der Waals surface area contributed by atoms with Gasteiger partial charge in [-0.25, -0.2) is 4.79 Å². The monoisotopic (exact) mass is 228 g/mol. The van der Waals surface area contributed by atoms with E-state index in [2.05, 4.69) is 0 Å². The first-order valence-electron chi connectivity index (χ1n) is 5.49. The molecule has 1 rings (SSSR count). The summed E-state index contributed by atoms with van der Waals surface area (Å²) in [5.74, 6) is 0.0320. The van der Waals surface area contributed by atoms with Crippen molar-refractivity contribution in [3.05, 3.63) is 0 Å². The lowest BCUT2D eigenvalue weighted by molar-refractivity contribution is -0.131. The minimum absolute atomic E-state index is 0.0320. The van der Waals surface area contributed by atoms with Crippen LogP contribution in [0.15, 0.2) is 0 Å². The molecule has 1 fully saturated rings. The van der Waals surface area contributed by atoms with Crippen molar-refractivity contribution in [1.29, 1.82) is 0 Å². The van der Waals surface area contributed by atoms with Crippen molar-refractivity contribution in [1.82, 2.24) is 9.80 Å². The highest BCUT2D eigenvalue weighted by atomic mass is 16.4. The molecule has 0 unspecified atom stereocenters. The predicted molar refractivity (Wildman–Crippen MR) is 60.3 cm³/mol. The van der Waals surface area contributed by atoms with Crippen LogP contribution in [0.2, 0.25) is 0 Å². The molecule has 0 spiro atoms. The van der Waals surface area contributed by atoms with E-state index in [1.165, 1.54) is 11.8 Å². The van der Waals surface area contributed by atoms with Crippen LogP contribution >= 0.6 is 0 Å². The van der Waals surface area contributed by atoms with E-state index in [0.717, 1.165) is 0 Å². The second kappa shape index (κ2) is 4.31. The maximum Gasteiger partial charge on any atom is 0.407 e. The fourth-order valence-electron chi connectivity index (χ4n) is 2.31. The van der Waals surface area contributed by atoms with Gasteiger partial charge >= 0.3 is 6.09 Å². The highest BCUT2D eigenvalue weighted by Crippen LogP contribution is 2.29. The van der Waals surface area contributed by atoms with Gasteiger partial charge in [0.25, 0.3) is 0 Å². The van der Waals surface area contributed by atoms with E-state index >= 15 is 0 Å². The standard InChI is InChI=1S/C11H20N2O3/c1-8(14)12(4)9-5-6-13(10(15)16)11(2,3)7-9/h9H,5-7H2,1-4H3,(H,15,16)/t9-/m0/s1. The number of likely N-dealkylation sites (tertiary alicyclic amines) is 1. The molecule has 1 aliphatic rings. The second-order valence-electron chi connectivity index (χ2n) is 5.02. The maximum absolute atomic E-state index is 11.3. The second-order valence-corrected chi connectivity index (χ2v) is 5.02. The molecule has 1 heterocycles. The van der Waals surface area contributed by atoms with E-state index in [0.29, 0.717) is 19.4 Å². The summed E-state index contributed by atoms with van der Waals surface area (Å²) in [5.41, 5.74) is -0.404. The zero-order chi connectivity index (χ0) is 12.5. The molecule has 1 N–H and O–H groups in total. The van der Waals surface area contributed by atoms with E-state index in [1.807, 2.05) is 13.8 Å². The topological polar surface area (TPSA) is 60.9 Å².